The van der Waals surface area contributed by atoms with E-state index in [0.29, 0.717) is 13.1 Å². The molecule has 1 N–H and O–H groups in total. The number of nitrogens with one attached hydrogen (secondary N) is 1. The molecular formula is C15H22BrN3O3S. The van der Waals surface area contributed by atoms with E-state index in [1.165, 1.54) is 12.1 Å². The highest BCUT2D eigenvalue weighted by atomic mass is 79.9. The first-order valence-electron chi connectivity index (χ1n) is 7.62. The van der Waals surface area contributed by atoms with E-state index in [2.05, 4.69) is 32.5 Å². The van der Waals surface area contributed by atoms with Crippen molar-refractivity contribution in [2.45, 2.75) is 24.8 Å². The van der Waals surface area contributed by atoms with E-state index >= 15 is 0 Å². The van der Waals surface area contributed by atoms with Gasteiger partial charge < -0.3 is 9.80 Å². The number of hydrogen-bond acceptors (Lipinski definition) is 4. The number of benzene rings is 1. The summed E-state index contributed by atoms with van der Waals surface area (Å²) in [7, 11) is -3.70. The van der Waals surface area contributed by atoms with Crippen molar-refractivity contribution in [1.29, 1.82) is 0 Å². The summed E-state index contributed by atoms with van der Waals surface area (Å²) < 4.78 is 27.9. The molecular weight excluding hydrogens is 382 g/mol. The van der Waals surface area contributed by atoms with Gasteiger partial charge in [0.15, 0.2) is 0 Å². The molecule has 1 heterocycles. The predicted molar refractivity (Wildman–Crippen MR) is 92.6 cm³/mol. The second kappa shape index (κ2) is 7.74. The summed E-state index contributed by atoms with van der Waals surface area (Å²) in [6.07, 6.45) is 0. The Hall–Kier alpha value is -0.960. The van der Waals surface area contributed by atoms with Crippen molar-refractivity contribution >= 4 is 31.9 Å². The number of likely N-dealkylation sites (N-methyl/N-ethyl adjacent to an activating group) is 1. The molecule has 2 rings (SSSR count). The van der Waals surface area contributed by atoms with Crippen LogP contribution in [0.1, 0.15) is 13.8 Å². The lowest BCUT2D eigenvalue weighted by molar-refractivity contribution is -0.134. The predicted octanol–water partition coefficient (Wildman–Crippen LogP) is 1.28. The summed E-state index contributed by atoms with van der Waals surface area (Å²) >= 11 is 3.27. The Morgan fingerprint density at radius 3 is 2.30 bits per heavy atom. The minimum absolute atomic E-state index is 0.149. The zero-order valence-electron chi connectivity index (χ0n) is 13.3. The van der Waals surface area contributed by atoms with Gasteiger partial charge in [0.25, 0.3) is 0 Å². The van der Waals surface area contributed by atoms with Crippen LogP contribution in [0.2, 0.25) is 0 Å². The van der Waals surface area contributed by atoms with Gasteiger partial charge in [-0.3, -0.25) is 4.79 Å². The van der Waals surface area contributed by atoms with E-state index in [0.717, 1.165) is 24.1 Å². The summed E-state index contributed by atoms with van der Waals surface area (Å²) in [5, 5.41) is 0. The number of rotatable bonds is 5. The maximum absolute atomic E-state index is 12.4. The van der Waals surface area contributed by atoms with E-state index < -0.39 is 16.1 Å². The number of hydrogen-bond donors (Lipinski definition) is 1. The van der Waals surface area contributed by atoms with E-state index in [1.807, 2.05) is 0 Å². The first-order chi connectivity index (χ1) is 10.8. The number of halogens is 1. The summed E-state index contributed by atoms with van der Waals surface area (Å²) in [5.41, 5.74) is 0. The SMILES string of the molecule is CCN1CCN(C(=O)C(C)NS(=O)(=O)c2ccc(Br)cc2)CC1. The highest BCUT2D eigenvalue weighted by Crippen LogP contribution is 2.15. The molecule has 1 unspecified atom stereocenters. The Kier molecular flexibility index (Phi) is 6.19. The normalized spacial score (nSPS) is 18.0. The van der Waals surface area contributed by atoms with E-state index in [1.54, 1.807) is 24.0 Å². The van der Waals surface area contributed by atoms with Crippen LogP contribution in [-0.2, 0) is 14.8 Å². The van der Waals surface area contributed by atoms with Gasteiger partial charge in [0.1, 0.15) is 0 Å². The van der Waals surface area contributed by atoms with Gasteiger partial charge in [0.2, 0.25) is 15.9 Å². The molecule has 0 aromatic heterocycles. The molecule has 23 heavy (non-hydrogen) atoms. The van der Waals surface area contributed by atoms with Crippen LogP contribution in [0.5, 0.6) is 0 Å². The van der Waals surface area contributed by atoms with Crippen LogP contribution < -0.4 is 4.72 Å². The van der Waals surface area contributed by atoms with Gasteiger partial charge in [-0.2, -0.15) is 4.72 Å². The first-order valence-corrected chi connectivity index (χ1v) is 9.90. The van der Waals surface area contributed by atoms with Crippen molar-refractivity contribution in [2.24, 2.45) is 0 Å². The molecule has 0 aliphatic carbocycles. The molecule has 8 heteroatoms. The third-order valence-electron chi connectivity index (χ3n) is 3.96. The lowest BCUT2D eigenvalue weighted by atomic mass is 10.2. The van der Waals surface area contributed by atoms with E-state index in [-0.39, 0.29) is 10.8 Å². The van der Waals surface area contributed by atoms with Crippen molar-refractivity contribution in [3.63, 3.8) is 0 Å². The van der Waals surface area contributed by atoms with Crippen molar-refractivity contribution in [2.75, 3.05) is 32.7 Å². The molecule has 1 amide bonds. The average molecular weight is 404 g/mol. The lowest BCUT2D eigenvalue weighted by Gasteiger charge is -2.35. The van der Waals surface area contributed by atoms with Gasteiger partial charge in [-0.1, -0.05) is 22.9 Å². The quantitative estimate of drug-likeness (QED) is 0.803. The summed E-state index contributed by atoms with van der Waals surface area (Å²) in [6.45, 7) is 7.57. The molecule has 1 aliphatic heterocycles. The van der Waals surface area contributed by atoms with Crippen LogP contribution in [0, 0.1) is 0 Å². The number of amides is 1. The smallest absolute Gasteiger partial charge is 0.241 e. The second-order valence-corrected chi connectivity index (χ2v) is 8.19. The van der Waals surface area contributed by atoms with Gasteiger partial charge in [0, 0.05) is 30.7 Å². The Morgan fingerprint density at radius 2 is 1.78 bits per heavy atom. The Labute approximate surface area is 146 Å². The first kappa shape index (κ1) is 18.4. The Balaban J connectivity index is 1.99. The van der Waals surface area contributed by atoms with Crippen LogP contribution in [0.3, 0.4) is 0 Å². The van der Waals surface area contributed by atoms with Crippen LogP contribution >= 0.6 is 15.9 Å². The van der Waals surface area contributed by atoms with Crippen molar-refractivity contribution < 1.29 is 13.2 Å². The fraction of sp³-hybridized carbons (Fsp3) is 0.533. The summed E-state index contributed by atoms with van der Waals surface area (Å²) in [6, 6.07) is 5.54. The van der Waals surface area contributed by atoms with E-state index in [9.17, 15) is 13.2 Å². The molecule has 0 spiro atoms. The van der Waals surface area contributed by atoms with Crippen LogP contribution in [0.25, 0.3) is 0 Å². The monoisotopic (exact) mass is 403 g/mol. The topological polar surface area (TPSA) is 69.7 Å². The van der Waals surface area contributed by atoms with Crippen LogP contribution in [0.4, 0.5) is 0 Å². The Morgan fingerprint density at radius 1 is 1.22 bits per heavy atom. The van der Waals surface area contributed by atoms with Crippen molar-refractivity contribution in [1.82, 2.24) is 14.5 Å². The molecule has 6 nitrogen and oxygen atoms in total. The highest BCUT2D eigenvalue weighted by molar-refractivity contribution is 9.10. The highest BCUT2D eigenvalue weighted by Gasteiger charge is 2.27. The fourth-order valence-corrected chi connectivity index (χ4v) is 3.98. The van der Waals surface area contributed by atoms with Gasteiger partial charge >= 0.3 is 0 Å². The zero-order valence-corrected chi connectivity index (χ0v) is 15.7. The molecule has 128 valence electrons. The average Bonchev–Trinajstić information content (AvgIpc) is 2.54. The number of nitrogens with zero attached hydrogens (tertiary/aromatic N) is 2. The third-order valence-corrected chi connectivity index (χ3v) is 6.04. The molecule has 1 saturated heterocycles. The molecule has 1 aliphatic rings. The molecule has 1 atom stereocenters. The molecule has 0 radical (unpaired) electrons. The van der Waals surface area contributed by atoms with Gasteiger partial charge in [-0.05, 0) is 37.7 Å². The fourth-order valence-electron chi connectivity index (χ4n) is 2.52. The number of sulfonamides is 1. The summed E-state index contributed by atoms with van der Waals surface area (Å²) in [4.78, 5) is 16.6. The maximum Gasteiger partial charge on any atom is 0.241 e. The molecule has 1 aromatic rings. The van der Waals surface area contributed by atoms with Gasteiger partial charge in [-0.15, -0.1) is 0 Å². The van der Waals surface area contributed by atoms with Gasteiger partial charge in [0.05, 0.1) is 10.9 Å². The zero-order chi connectivity index (χ0) is 17.0. The van der Waals surface area contributed by atoms with Crippen molar-refractivity contribution in [3.05, 3.63) is 28.7 Å². The standard InChI is InChI=1S/C15H22BrN3O3S/c1-3-18-8-10-19(11-9-18)15(20)12(2)17-23(21,22)14-6-4-13(16)5-7-14/h4-7,12,17H,3,8-11H2,1-2H3. The molecule has 0 saturated carbocycles. The molecule has 1 aromatic carbocycles. The maximum atomic E-state index is 12.4. The minimum atomic E-state index is -3.70. The minimum Gasteiger partial charge on any atom is -0.339 e. The lowest BCUT2D eigenvalue weighted by Crippen LogP contribution is -2.54. The van der Waals surface area contributed by atoms with E-state index in [4.69, 9.17) is 0 Å². The van der Waals surface area contributed by atoms with Gasteiger partial charge in [-0.25, -0.2) is 8.42 Å². The number of carbonyl (C=O) groups excluding carboxylic acids is 1. The van der Waals surface area contributed by atoms with Crippen LogP contribution in [-0.4, -0.2) is 62.9 Å². The van der Waals surface area contributed by atoms with Crippen molar-refractivity contribution in [3.8, 4) is 0 Å². The largest absolute Gasteiger partial charge is 0.339 e. The third kappa shape index (κ3) is 4.76. The number of piperazine rings is 1. The summed E-state index contributed by atoms with van der Waals surface area (Å²) in [5.74, 6) is -0.179. The second-order valence-electron chi connectivity index (χ2n) is 5.56. The Bertz CT molecular complexity index is 640. The molecule has 1 fully saturated rings. The van der Waals surface area contributed by atoms with Crippen LogP contribution in [0.15, 0.2) is 33.6 Å². The molecule has 0 bridgehead atoms. The number of carbonyl (C=O) groups is 1.